The molecule has 0 unspecified atom stereocenters. The van der Waals surface area contributed by atoms with E-state index in [0.717, 1.165) is 19.6 Å². The topological polar surface area (TPSA) is 29.3 Å². The number of nitrogens with zero attached hydrogens (tertiary/aromatic N) is 1. The van der Waals surface area contributed by atoms with Gasteiger partial charge in [0, 0.05) is 19.6 Å². The van der Waals surface area contributed by atoms with E-state index in [2.05, 4.69) is 25.7 Å². The minimum absolute atomic E-state index is 0.0678. The Balaban J connectivity index is 2.03. The van der Waals surface area contributed by atoms with Crippen LogP contribution in [0, 0.1) is 5.41 Å². The van der Waals surface area contributed by atoms with Gasteiger partial charge in [0.15, 0.2) is 0 Å². The summed E-state index contributed by atoms with van der Waals surface area (Å²) >= 11 is 0. The van der Waals surface area contributed by atoms with E-state index < -0.39 is 0 Å². The second-order valence-corrected chi connectivity index (χ2v) is 4.81. The van der Waals surface area contributed by atoms with Crippen LogP contribution in [0.4, 0.5) is 0 Å². The summed E-state index contributed by atoms with van der Waals surface area (Å²) in [5, 5.41) is 0. The van der Waals surface area contributed by atoms with Gasteiger partial charge in [-0.25, -0.2) is 0 Å². The lowest BCUT2D eigenvalue weighted by Gasteiger charge is -2.17. The summed E-state index contributed by atoms with van der Waals surface area (Å²) in [4.78, 5) is 13.4. The smallest absolute Gasteiger partial charge is 0.307 e. The summed E-state index contributed by atoms with van der Waals surface area (Å²) in [5.74, 6) is -0.0678. The molecular formula is C10H19NO2. The van der Waals surface area contributed by atoms with Gasteiger partial charge in [-0.1, -0.05) is 20.8 Å². The molecule has 1 rings (SSSR count). The van der Waals surface area contributed by atoms with E-state index in [4.69, 9.17) is 4.74 Å². The van der Waals surface area contributed by atoms with Crippen LogP contribution >= 0.6 is 0 Å². The Morgan fingerprint density at radius 2 is 2.00 bits per heavy atom. The van der Waals surface area contributed by atoms with Gasteiger partial charge < -0.3 is 9.64 Å². The van der Waals surface area contributed by atoms with Crippen LogP contribution < -0.4 is 0 Å². The Bertz CT molecular complexity index is 180. The molecule has 3 heteroatoms. The molecule has 0 amide bonds. The number of rotatable bonds is 4. The Hall–Kier alpha value is -0.570. The van der Waals surface area contributed by atoms with E-state index in [1.807, 2.05) is 0 Å². The standard InChI is InChI=1S/C10H19NO2/c1-10(2,3)8-13-9(12)4-5-11-6-7-11/h4-8H2,1-3H3. The van der Waals surface area contributed by atoms with Crippen molar-refractivity contribution in [3.05, 3.63) is 0 Å². The second kappa shape index (κ2) is 4.09. The highest BCUT2D eigenvalue weighted by atomic mass is 16.5. The number of hydrogen-bond acceptors (Lipinski definition) is 3. The normalized spacial score (nSPS) is 17.2. The van der Waals surface area contributed by atoms with Crippen LogP contribution in [0.5, 0.6) is 0 Å². The van der Waals surface area contributed by atoms with Gasteiger partial charge in [-0.2, -0.15) is 0 Å². The van der Waals surface area contributed by atoms with Crippen LogP contribution in [-0.4, -0.2) is 37.1 Å². The highest BCUT2D eigenvalue weighted by Crippen LogP contribution is 2.13. The third kappa shape index (κ3) is 5.64. The van der Waals surface area contributed by atoms with Crippen molar-refractivity contribution >= 4 is 5.97 Å². The largest absolute Gasteiger partial charge is 0.465 e. The Kier molecular flexibility index (Phi) is 3.31. The maximum atomic E-state index is 11.2. The van der Waals surface area contributed by atoms with Crippen molar-refractivity contribution in [3.8, 4) is 0 Å². The second-order valence-electron chi connectivity index (χ2n) is 4.81. The predicted octanol–water partition coefficient (Wildman–Crippen LogP) is 1.28. The molecule has 0 aromatic heterocycles. The highest BCUT2D eigenvalue weighted by Gasteiger charge is 2.19. The van der Waals surface area contributed by atoms with E-state index in [-0.39, 0.29) is 11.4 Å². The first-order valence-corrected chi connectivity index (χ1v) is 4.85. The van der Waals surface area contributed by atoms with Gasteiger partial charge in [-0.3, -0.25) is 4.79 Å². The number of carbonyl (C=O) groups is 1. The maximum absolute atomic E-state index is 11.2. The summed E-state index contributed by atoms with van der Waals surface area (Å²) in [6, 6.07) is 0. The fourth-order valence-electron chi connectivity index (χ4n) is 0.913. The summed E-state index contributed by atoms with van der Waals surface area (Å²) in [5.41, 5.74) is 0.0789. The van der Waals surface area contributed by atoms with Crippen molar-refractivity contribution in [1.29, 1.82) is 0 Å². The Morgan fingerprint density at radius 1 is 1.38 bits per heavy atom. The molecule has 3 nitrogen and oxygen atoms in total. The SMILES string of the molecule is CC(C)(C)COC(=O)CCN1CC1. The van der Waals surface area contributed by atoms with Crippen molar-refractivity contribution in [3.63, 3.8) is 0 Å². The van der Waals surface area contributed by atoms with E-state index in [1.54, 1.807) is 0 Å². The maximum Gasteiger partial charge on any atom is 0.307 e. The number of carbonyl (C=O) groups excluding carboxylic acids is 1. The molecule has 1 aliphatic heterocycles. The first kappa shape index (κ1) is 10.5. The zero-order valence-electron chi connectivity index (χ0n) is 8.80. The first-order valence-electron chi connectivity index (χ1n) is 4.85. The molecule has 0 spiro atoms. The lowest BCUT2D eigenvalue weighted by atomic mass is 9.99. The lowest BCUT2D eigenvalue weighted by Crippen LogP contribution is -2.19. The molecule has 0 saturated carbocycles. The van der Waals surface area contributed by atoms with E-state index in [9.17, 15) is 4.79 Å². The molecular weight excluding hydrogens is 166 g/mol. The van der Waals surface area contributed by atoms with E-state index >= 15 is 0 Å². The van der Waals surface area contributed by atoms with Crippen LogP contribution in [0.15, 0.2) is 0 Å². The number of esters is 1. The van der Waals surface area contributed by atoms with Gasteiger partial charge >= 0.3 is 5.97 Å². The van der Waals surface area contributed by atoms with Crippen molar-refractivity contribution in [2.24, 2.45) is 5.41 Å². The summed E-state index contributed by atoms with van der Waals surface area (Å²) < 4.78 is 5.12. The van der Waals surface area contributed by atoms with Crippen LogP contribution in [0.2, 0.25) is 0 Å². The molecule has 1 saturated heterocycles. The number of hydrogen-bond donors (Lipinski definition) is 0. The number of ether oxygens (including phenoxy) is 1. The molecule has 13 heavy (non-hydrogen) atoms. The van der Waals surface area contributed by atoms with Crippen LogP contribution in [0.3, 0.4) is 0 Å². The zero-order chi connectivity index (χ0) is 9.90. The minimum atomic E-state index is -0.0678. The average Bonchev–Trinajstić information content (AvgIpc) is 2.78. The third-order valence-electron chi connectivity index (χ3n) is 1.84. The van der Waals surface area contributed by atoms with E-state index in [0.29, 0.717) is 13.0 Å². The van der Waals surface area contributed by atoms with Gasteiger partial charge in [-0.05, 0) is 5.41 Å². The van der Waals surface area contributed by atoms with Gasteiger partial charge in [-0.15, -0.1) is 0 Å². The molecule has 0 radical (unpaired) electrons. The Labute approximate surface area is 80.1 Å². The molecule has 1 aliphatic rings. The van der Waals surface area contributed by atoms with E-state index in [1.165, 1.54) is 0 Å². The summed E-state index contributed by atoms with van der Waals surface area (Å²) in [6.07, 6.45) is 0.538. The van der Waals surface area contributed by atoms with Crippen molar-refractivity contribution < 1.29 is 9.53 Å². The summed E-state index contributed by atoms with van der Waals surface area (Å²) in [6.45, 7) is 9.86. The van der Waals surface area contributed by atoms with Gasteiger partial charge in [0.05, 0.1) is 13.0 Å². The highest BCUT2D eigenvalue weighted by molar-refractivity contribution is 5.69. The van der Waals surface area contributed by atoms with Crippen LogP contribution in [0.25, 0.3) is 0 Å². The molecule has 0 aromatic rings. The van der Waals surface area contributed by atoms with Gasteiger partial charge in [0.2, 0.25) is 0 Å². The quantitative estimate of drug-likeness (QED) is 0.488. The van der Waals surface area contributed by atoms with Crippen LogP contribution in [0.1, 0.15) is 27.2 Å². The van der Waals surface area contributed by atoms with Gasteiger partial charge in [0.25, 0.3) is 0 Å². The zero-order valence-corrected chi connectivity index (χ0v) is 8.80. The molecule has 0 bridgehead atoms. The molecule has 1 fully saturated rings. The minimum Gasteiger partial charge on any atom is -0.465 e. The van der Waals surface area contributed by atoms with Crippen molar-refractivity contribution in [2.75, 3.05) is 26.2 Å². The van der Waals surface area contributed by atoms with Crippen molar-refractivity contribution in [1.82, 2.24) is 4.90 Å². The average molecular weight is 185 g/mol. The Morgan fingerprint density at radius 3 is 2.46 bits per heavy atom. The fourth-order valence-corrected chi connectivity index (χ4v) is 0.913. The lowest BCUT2D eigenvalue weighted by molar-refractivity contribution is -0.146. The summed E-state index contributed by atoms with van der Waals surface area (Å²) in [7, 11) is 0. The van der Waals surface area contributed by atoms with Gasteiger partial charge in [0.1, 0.15) is 0 Å². The molecule has 1 heterocycles. The van der Waals surface area contributed by atoms with Crippen LogP contribution in [-0.2, 0) is 9.53 Å². The monoisotopic (exact) mass is 185 g/mol. The molecule has 0 aliphatic carbocycles. The van der Waals surface area contributed by atoms with Crippen molar-refractivity contribution in [2.45, 2.75) is 27.2 Å². The predicted molar refractivity (Wildman–Crippen MR) is 51.5 cm³/mol. The first-order chi connectivity index (χ1) is 5.97. The molecule has 76 valence electrons. The molecule has 0 aromatic carbocycles. The fraction of sp³-hybridized carbons (Fsp3) is 0.900. The molecule has 0 atom stereocenters. The molecule has 0 N–H and O–H groups in total. The third-order valence-corrected chi connectivity index (χ3v) is 1.84.